The number of Topliss-reactive ketones (excluding diaryl/α,β-unsaturated/α-hetero) is 1. The van der Waals surface area contributed by atoms with E-state index in [0.29, 0.717) is 40.2 Å². The van der Waals surface area contributed by atoms with Crippen molar-refractivity contribution in [3.8, 4) is 6.07 Å². The quantitative estimate of drug-likeness (QED) is 0.472. The Kier molecular flexibility index (Phi) is 6.75. The van der Waals surface area contributed by atoms with E-state index in [2.05, 4.69) is 11.4 Å². The van der Waals surface area contributed by atoms with E-state index in [1.54, 1.807) is 48.5 Å². The molecule has 2 N–H and O–H groups in total. The SMILES string of the molecule is N#Cc1ccc([C@H]2C3=C(C[C@@H](c4ccc(F)cc4)CC3=O)Nc3ccccc3N2C(=O)CCC(=O)O)cc1. The summed E-state index contributed by atoms with van der Waals surface area (Å²) < 4.78 is 13.6. The molecule has 7 nitrogen and oxygen atoms in total. The molecule has 2 atom stereocenters. The van der Waals surface area contributed by atoms with Gasteiger partial charge >= 0.3 is 5.97 Å². The average molecular weight is 510 g/mol. The van der Waals surface area contributed by atoms with Gasteiger partial charge in [0, 0.05) is 24.1 Å². The molecule has 0 unspecified atom stereocenters. The molecule has 0 bridgehead atoms. The van der Waals surface area contributed by atoms with Gasteiger partial charge in [-0.25, -0.2) is 4.39 Å². The Morgan fingerprint density at radius 2 is 1.66 bits per heavy atom. The second-order valence-corrected chi connectivity index (χ2v) is 9.41. The highest BCUT2D eigenvalue weighted by Gasteiger charge is 2.41. The lowest BCUT2D eigenvalue weighted by Gasteiger charge is -2.35. The van der Waals surface area contributed by atoms with Crippen LogP contribution in [-0.4, -0.2) is 22.8 Å². The number of para-hydroxylation sites is 2. The normalized spacial score (nSPS) is 18.5. The van der Waals surface area contributed by atoms with E-state index >= 15 is 0 Å². The fourth-order valence-corrected chi connectivity index (χ4v) is 5.23. The molecular weight excluding hydrogens is 485 g/mol. The van der Waals surface area contributed by atoms with E-state index in [1.807, 2.05) is 12.1 Å². The van der Waals surface area contributed by atoms with Crippen molar-refractivity contribution in [3.05, 3.63) is 107 Å². The van der Waals surface area contributed by atoms with Crippen LogP contribution in [0.5, 0.6) is 0 Å². The molecule has 38 heavy (non-hydrogen) atoms. The van der Waals surface area contributed by atoms with Gasteiger partial charge in [-0.05, 0) is 59.9 Å². The zero-order valence-corrected chi connectivity index (χ0v) is 20.4. The minimum absolute atomic E-state index is 0.161. The molecular formula is C30H24FN3O4. The average Bonchev–Trinajstić information content (AvgIpc) is 3.07. The number of fused-ring (bicyclic) bond motifs is 1. The molecule has 1 aliphatic carbocycles. The summed E-state index contributed by atoms with van der Waals surface area (Å²) in [6.45, 7) is 0. The van der Waals surface area contributed by atoms with E-state index in [1.165, 1.54) is 17.0 Å². The fourth-order valence-electron chi connectivity index (χ4n) is 5.23. The molecule has 0 spiro atoms. The molecule has 1 heterocycles. The highest BCUT2D eigenvalue weighted by Crippen LogP contribution is 2.47. The molecule has 0 fully saturated rings. The van der Waals surface area contributed by atoms with Crippen molar-refractivity contribution < 1.29 is 23.9 Å². The Hall–Kier alpha value is -4.77. The number of hydrogen-bond acceptors (Lipinski definition) is 5. The van der Waals surface area contributed by atoms with Crippen molar-refractivity contribution >= 4 is 29.0 Å². The van der Waals surface area contributed by atoms with Crippen molar-refractivity contribution in [2.45, 2.75) is 37.6 Å². The van der Waals surface area contributed by atoms with E-state index in [4.69, 9.17) is 0 Å². The second kappa shape index (κ2) is 10.3. The molecule has 2 aliphatic rings. The number of aliphatic carboxylic acids is 1. The first-order valence-corrected chi connectivity index (χ1v) is 12.3. The first-order valence-electron chi connectivity index (χ1n) is 12.3. The Labute approximate surface area is 218 Å². The summed E-state index contributed by atoms with van der Waals surface area (Å²) in [6.07, 6.45) is 0.0420. The molecule has 3 aromatic rings. The van der Waals surface area contributed by atoms with Crippen molar-refractivity contribution in [3.63, 3.8) is 0 Å². The number of benzene rings is 3. The predicted octanol–water partition coefficient (Wildman–Crippen LogP) is 5.46. The Morgan fingerprint density at radius 1 is 0.974 bits per heavy atom. The number of carboxylic acid groups (broad SMARTS) is 1. The third kappa shape index (κ3) is 4.78. The molecule has 1 amide bonds. The van der Waals surface area contributed by atoms with Gasteiger partial charge in [-0.2, -0.15) is 5.26 Å². The first kappa shape index (κ1) is 24.9. The minimum atomic E-state index is -1.09. The third-order valence-electron chi connectivity index (χ3n) is 7.01. The largest absolute Gasteiger partial charge is 0.481 e. The summed E-state index contributed by atoms with van der Waals surface area (Å²) in [5.41, 5.74) is 4.14. The molecule has 5 rings (SSSR count). The third-order valence-corrected chi connectivity index (χ3v) is 7.01. The van der Waals surface area contributed by atoms with Crippen LogP contribution in [-0.2, 0) is 14.4 Å². The van der Waals surface area contributed by atoms with Gasteiger partial charge in [0.15, 0.2) is 5.78 Å². The highest BCUT2D eigenvalue weighted by atomic mass is 19.1. The van der Waals surface area contributed by atoms with Crippen LogP contribution in [0.4, 0.5) is 15.8 Å². The minimum Gasteiger partial charge on any atom is -0.481 e. The number of halogens is 1. The molecule has 0 radical (unpaired) electrons. The molecule has 1 aliphatic heterocycles. The lowest BCUT2D eigenvalue weighted by atomic mass is 9.78. The van der Waals surface area contributed by atoms with Gasteiger partial charge in [0.2, 0.25) is 5.91 Å². The van der Waals surface area contributed by atoms with Gasteiger partial charge in [-0.1, -0.05) is 36.4 Å². The molecule has 0 saturated carbocycles. The summed E-state index contributed by atoms with van der Waals surface area (Å²) in [7, 11) is 0. The number of nitrogens with one attached hydrogen (secondary N) is 1. The fraction of sp³-hybridized carbons (Fsp3) is 0.200. The van der Waals surface area contributed by atoms with Crippen molar-refractivity contribution in [1.29, 1.82) is 5.26 Å². The summed E-state index contributed by atoms with van der Waals surface area (Å²) in [5.74, 6) is -2.22. The number of rotatable bonds is 5. The topological polar surface area (TPSA) is 111 Å². The van der Waals surface area contributed by atoms with Crippen molar-refractivity contribution in [2.75, 3.05) is 10.2 Å². The summed E-state index contributed by atoms with van der Waals surface area (Å²) in [6, 6.07) is 21.3. The van der Waals surface area contributed by atoms with Crippen molar-refractivity contribution in [2.24, 2.45) is 0 Å². The maximum absolute atomic E-state index is 13.9. The lowest BCUT2D eigenvalue weighted by molar-refractivity contribution is -0.138. The van der Waals surface area contributed by atoms with E-state index in [-0.39, 0.29) is 36.8 Å². The van der Waals surface area contributed by atoms with Crippen LogP contribution >= 0.6 is 0 Å². The predicted molar refractivity (Wildman–Crippen MR) is 139 cm³/mol. The van der Waals surface area contributed by atoms with Gasteiger partial charge in [0.25, 0.3) is 0 Å². The Balaban J connectivity index is 1.68. The number of amides is 1. The molecule has 0 aromatic heterocycles. The van der Waals surface area contributed by atoms with Gasteiger partial charge in [-0.15, -0.1) is 0 Å². The van der Waals surface area contributed by atoms with E-state index in [9.17, 15) is 29.1 Å². The van der Waals surface area contributed by atoms with Crippen LogP contribution in [0.3, 0.4) is 0 Å². The van der Waals surface area contributed by atoms with E-state index < -0.39 is 17.9 Å². The van der Waals surface area contributed by atoms with E-state index in [0.717, 1.165) is 5.56 Å². The number of anilines is 2. The molecule has 190 valence electrons. The number of allylic oxidation sites excluding steroid dienone is 1. The number of nitriles is 1. The van der Waals surface area contributed by atoms with Gasteiger partial charge < -0.3 is 10.4 Å². The zero-order chi connectivity index (χ0) is 26.8. The first-order chi connectivity index (χ1) is 18.4. The van der Waals surface area contributed by atoms with Gasteiger partial charge in [-0.3, -0.25) is 19.3 Å². The number of hydrogen-bond donors (Lipinski definition) is 2. The Bertz CT molecular complexity index is 1490. The van der Waals surface area contributed by atoms with Crippen LogP contribution in [0.25, 0.3) is 0 Å². The lowest BCUT2D eigenvalue weighted by Crippen LogP contribution is -2.38. The summed E-state index contributed by atoms with van der Waals surface area (Å²) in [4.78, 5) is 40.3. The number of carbonyl (C=O) groups is 3. The van der Waals surface area contributed by atoms with Gasteiger partial charge in [0.1, 0.15) is 5.82 Å². The molecule has 3 aromatic carbocycles. The Morgan fingerprint density at radius 3 is 2.34 bits per heavy atom. The maximum Gasteiger partial charge on any atom is 0.303 e. The maximum atomic E-state index is 13.9. The smallest absolute Gasteiger partial charge is 0.303 e. The van der Waals surface area contributed by atoms with Crippen molar-refractivity contribution in [1.82, 2.24) is 0 Å². The number of ketones is 1. The van der Waals surface area contributed by atoms with Crippen LogP contribution in [0.2, 0.25) is 0 Å². The standard InChI is InChI=1S/C30H24FN3O4/c31-22-11-9-19(10-12-22)21-15-24-29(26(35)16-21)30(20-7-5-18(17-32)6-8-20)34(27(36)13-14-28(37)38)25-4-2-1-3-23(25)33-24/h1-12,21,30,33H,13-16H2,(H,37,38)/t21-,30+/m1/s1. The summed E-state index contributed by atoms with van der Waals surface area (Å²) in [5, 5.41) is 21.9. The van der Waals surface area contributed by atoms with Crippen LogP contribution in [0.1, 0.15) is 54.3 Å². The number of carboxylic acids is 1. The number of nitrogens with zero attached hydrogens (tertiary/aromatic N) is 2. The molecule has 0 saturated heterocycles. The summed E-state index contributed by atoms with van der Waals surface area (Å²) >= 11 is 0. The highest BCUT2D eigenvalue weighted by molar-refractivity contribution is 6.06. The molecule has 8 heteroatoms. The van der Waals surface area contributed by atoms with Crippen LogP contribution < -0.4 is 10.2 Å². The van der Waals surface area contributed by atoms with Crippen LogP contribution in [0.15, 0.2) is 84.1 Å². The zero-order valence-electron chi connectivity index (χ0n) is 20.4. The monoisotopic (exact) mass is 509 g/mol. The van der Waals surface area contributed by atoms with Crippen LogP contribution in [0, 0.1) is 17.1 Å². The number of carbonyl (C=O) groups excluding carboxylic acids is 2. The van der Waals surface area contributed by atoms with Gasteiger partial charge in [0.05, 0.1) is 35.5 Å². The second-order valence-electron chi connectivity index (χ2n) is 9.41.